The monoisotopic (exact) mass is 387 g/mol. The Morgan fingerprint density at radius 2 is 2.04 bits per heavy atom. The van der Waals surface area contributed by atoms with Crippen molar-refractivity contribution in [3.63, 3.8) is 0 Å². The first-order valence-corrected chi connectivity index (χ1v) is 9.42. The van der Waals surface area contributed by atoms with Gasteiger partial charge in [-0.25, -0.2) is 10.5 Å². The summed E-state index contributed by atoms with van der Waals surface area (Å²) in [6.07, 6.45) is 1.68. The van der Waals surface area contributed by atoms with Crippen molar-refractivity contribution in [1.82, 2.24) is 15.2 Å². The largest absolute Gasteiger partial charge is 0.488 e. The first-order chi connectivity index (χ1) is 12.8. The summed E-state index contributed by atoms with van der Waals surface area (Å²) in [6.45, 7) is 2.43. The maximum absolute atomic E-state index is 6.17. The van der Waals surface area contributed by atoms with Gasteiger partial charge in [0.1, 0.15) is 12.4 Å². The minimum Gasteiger partial charge on any atom is -0.488 e. The van der Waals surface area contributed by atoms with Crippen LogP contribution in [0, 0.1) is 0 Å². The van der Waals surface area contributed by atoms with Gasteiger partial charge < -0.3 is 4.74 Å². The number of hydrazone groups is 1. The number of rotatable bonds is 8. The molecule has 1 aromatic heterocycles. The van der Waals surface area contributed by atoms with E-state index in [1.807, 2.05) is 55.5 Å². The van der Waals surface area contributed by atoms with Crippen LogP contribution in [0.1, 0.15) is 18.1 Å². The third-order valence-corrected chi connectivity index (χ3v) is 4.47. The van der Waals surface area contributed by atoms with Gasteiger partial charge in [-0.15, -0.1) is 5.10 Å². The lowest BCUT2D eigenvalue weighted by Crippen LogP contribution is -2.00. The van der Waals surface area contributed by atoms with Gasteiger partial charge in [0.15, 0.2) is 0 Å². The maximum Gasteiger partial charge on any atom is 0.240 e. The fourth-order valence-corrected chi connectivity index (χ4v) is 2.86. The predicted molar refractivity (Wildman–Crippen MR) is 106 cm³/mol. The van der Waals surface area contributed by atoms with Crippen LogP contribution in [0.2, 0.25) is 5.02 Å². The number of aromatic amines is 1. The second-order valence-electron chi connectivity index (χ2n) is 5.19. The lowest BCUT2D eigenvalue weighted by molar-refractivity contribution is 0.306. The van der Waals surface area contributed by atoms with Crippen molar-refractivity contribution in [3.8, 4) is 5.75 Å². The van der Waals surface area contributed by atoms with E-state index in [1.165, 1.54) is 0 Å². The third-order valence-electron chi connectivity index (χ3n) is 3.37. The number of benzene rings is 2. The van der Waals surface area contributed by atoms with E-state index in [0.29, 0.717) is 22.7 Å². The molecule has 2 N–H and O–H groups in total. The van der Waals surface area contributed by atoms with Gasteiger partial charge in [0.25, 0.3) is 0 Å². The fraction of sp³-hybridized carbons (Fsp3) is 0.167. The van der Waals surface area contributed by atoms with E-state index in [9.17, 15) is 0 Å². The van der Waals surface area contributed by atoms with Crippen LogP contribution >= 0.6 is 23.4 Å². The SMILES string of the molecule is CCSc1n[nH]c(N/N=C/c2ccccc2OCc2ccccc2Cl)n1. The van der Waals surface area contributed by atoms with Crippen LogP contribution in [0.15, 0.2) is 58.8 Å². The highest BCUT2D eigenvalue weighted by Crippen LogP contribution is 2.21. The van der Waals surface area contributed by atoms with E-state index < -0.39 is 0 Å². The molecule has 3 aromatic rings. The standard InChI is InChI=1S/C18H18ClN5OS/c1-2-26-18-21-17(23-24-18)22-20-11-13-7-4-6-10-16(13)25-12-14-8-3-5-9-15(14)19/h3-11H,2,12H2,1H3,(H2,21,22,23,24)/b20-11+. The zero-order valence-corrected chi connectivity index (χ0v) is 15.7. The maximum atomic E-state index is 6.17. The summed E-state index contributed by atoms with van der Waals surface area (Å²) >= 11 is 7.73. The molecular formula is C18H18ClN5OS. The number of ether oxygens (including phenoxy) is 1. The van der Waals surface area contributed by atoms with E-state index >= 15 is 0 Å². The molecule has 0 radical (unpaired) electrons. The van der Waals surface area contributed by atoms with Gasteiger partial charge >= 0.3 is 0 Å². The average molecular weight is 388 g/mol. The number of aromatic nitrogens is 3. The Morgan fingerprint density at radius 3 is 2.88 bits per heavy atom. The van der Waals surface area contributed by atoms with E-state index in [4.69, 9.17) is 16.3 Å². The van der Waals surface area contributed by atoms with E-state index in [2.05, 4.69) is 25.7 Å². The number of hydrogen-bond acceptors (Lipinski definition) is 6. The first kappa shape index (κ1) is 18.3. The summed E-state index contributed by atoms with van der Waals surface area (Å²) in [5.74, 6) is 2.13. The summed E-state index contributed by atoms with van der Waals surface area (Å²) in [5, 5.41) is 12.4. The molecule has 26 heavy (non-hydrogen) atoms. The van der Waals surface area contributed by atoms with Gasteiger partial charge in [-0.3, -0.25) is 0 Å². The Morgan fingerprint density at radius 1 is 1.23 bits per heavy atom. The number of H-pyrrole nitrogens is 1. The van der Waals surface area contributed by atoms with E-state index in [0.717, 1.165) is 22.6 Å². The molecule has 0 saturated heterocycles. The second-order valence-corrected chi connectivity index (χ2v) is 6.83. The van der Waals surface area contributed by atoms with Crippen molar-refractivity contribution in [2.75, 3.05) is 11.2 Å². The van der Waals surface area contributed by atoms with Crippen molar-refractivity contribution in [1.29, 1.82) is 0 Å². The Balaban J connectivity index is 1.63. The van der Waals surface area contributed by atoms with Crippen LogP contribution in [0.4, 0.5) is 5.95 Å². The van der Waals surface area contributed by atoms with Crippen LogP contribution in [0.5, 0.6) is 5.75 Å². The molecule has 0 aliphatic heterocycles. The number of hydrogen-bond donors (Lipinski definition) is 2. The van der Waals surface area contributed by atoms with E-state index in [-0.39, 0.29) is 0 Å². The topological polar surface area (TPSA) is 75.2 Å². The van der Waals surface area contributed by atoms with Crippen LogP contribution in [-0.2, 0) is 6.61 Å². The number of halogens is 1. The van der Waals surface area contributed by atoms with Crippen LogP contribution in [-0.4, -0.2) is 27.1 Å². The Labute approximate surface area is 161 Å². The van der Waals surface area contributed by atoms with Gasteiger partial charge in [0, 0.05) is 16.1 Å². The minimum absolute atomic E-state index is 0.387. The molecule has 1 heterocycles. The molecule has 0 spiro atoms. The van der Waals surface area contributed by atoms with Crippen molar-refractivity contribution in [3.05, 3.63) is 64.7 Å². The highest BCUT2D eigenvalue weighted by molar-refractivity contribution is 7.99. The highest BCUT2D eigenvalue weighted by atomic mass is 35.5. The van der Waals surface area contributed by atoms with Crippen LogP contribution in [0.25, 0.3) is 0 Å². The average Bonchev–Trinajstić information content (AvgIpc) is 3.10. The number of thioether (sulfide) groups is 1. The molecule has 6 nitrogen and oxygen atoms in total. The van der Waals surface area contributed by atoms with Gasteiger partial charge in [-0.1, -0.05) is 60.6 Å². The molecule has 134 valence electrons. The molecular weight excluding hydrogens is 370 g/mol. The van der Waals surface area contributed by atoms with Gasteiger partial charge in [0.2, 0.25) is 11.1 Å². The van der Waals surface area contributed by atoms with Gasteiger partial charge in [-0.05, 0) is 24.0 Å². The first-order valence-electron chi connectivity index (χ1n) is 8.05. The molecule has 2 aromatic carbocycles. The molecule has 0 aliphatic carbocycles. The quantitative estimate of drug-likeness (QED) is 0.336. The van der Waals surface area contributed by atoms with Crippen molar-refractivity contribution in [2.45, 2.75) is 18.7 Å². The van der Waals surface area contributed by atoms with E-state index in [1.54, 1.807) is 18.0 Å². The molecule has 0 atom stereocenters. The van der Waals surface area contributed by atoms with Crippen molar-refractivity contribution >= 4 is 35.5 Å². The number of para-hydroxylation sites is 1. The smallest absolute Gasteiger partial charge is 0.240 e. The van der Waals surface area contributed by atoms with Gasteiger partial charge in [-0.2, -0.15) is 10.1 Å². The highest BCUT2D eigenvalue weighted by Gasteiger charge is 2.04. The molecule has 0 unspecified atom stereocenters. The molecule has 0 amide bonds. The zero-order chi connectivity index (χ0) is 18.2. The fourth-order valence-electron chi connectivity index (χ4n) is 2.14. The second kappa shape index (κ2) is 9.26. The summed E-state index contributed by atoms with van der Waals surface area (Å²) in [7, 11) is 0. The normalized spacial score (nSPS) is 11.0. The summed E-state index contributed by atoms with van der Waals surface area (Å²) < 4.78 is 5.90. The van der Waals surface area contributed by atoms with Crippen LogP contribution in [0.3, 0.4) is 0 Å². The third kappa shape index (κ3) is 5.00. The minimum atomic E-state index is 0.387. The molecule has 0 aliphatic rings. The summed E-state index contributed by atoms with van der Waals surface area (Å²) in [5.41, 5.74) is 4.61. The molecule has 0 fully saturated rings. The Bertz CT molecular complexity index is 883. The molecule has 8 heteroatoms. The van der Waals surface area contributed by atoms with Crippen molar-refractivity contribution in [2.24, 2.45) is 5.10 Å². The van der Waals surface area contributed by atoms with Crippen LogP contribution < -0.4 is 10.2 Å². The lowest BCUT2D eigenvalue weighted by atomic mass is 10.2. The van der Waals surface area contributed by atoms with Gasteiger partial charge in [0.05, 0.1) is 6.21 Å². The molecule has 0 saturated carbocycles. The number of nitrogens with one attached hydrogen (secondary N) is 2. The number of anilines is 1. The molecule has 0 bridgehead atoms. The number of nitrogens with zero attached hydrogens (tertiary/aromatic N) is 3. The Kier molecular flexibility index (Phi) is 6.51. The zero-order valence-electron chi connectivity index (χ0n) is 14.1. The predicted octanol–water partition coefficient (Wildman–Crippen LogP) is 4.60. The summed E-state index contributed by atoms with van der Waals surface area (Å²) in [6, 6.07) is 15.3. The van der Waals surface area contributed by atoms with Crippen molar-refractivity contribution < 1.29 is 4.74 Å². The summed E-state index contributed by atoms with van der Waals surface area (Å²) in [4.78, 5) is 4.26. The molecule has 3 rings (SSSR count). The Hall–Kier alpha value is -2.51. The lowest BCUT2D eigenvalue weighted by Gasteiger charge is -2.10.